The summed E-state index contributed by atoms with van der Waals surface area (Å²) < 4.78 is 24.1. The number of ether oxygens (including phenoxy) is 2. The van der Waals surface area contributed by atoms with Crippen LogP contribution in [0.25, 0.3) is 0 Å². The highest BCUT2D eigenvalue weighted by molar-refractivity contribution is 6.00. The average molecular weight is 384 g/mol. The summed E-state index contributed by atoms with van der Waals surface area (Å²) in [6, 6.07) is 11.5. The summed E-state index contributed by atoms with van der Waals surface area (Å²) in [4.78, 5) is 28.8. The smallest absolute Gasteiger partial charge is 0.231 e. The van der Waals surface area contributed by atoms with Gasteiger partial charge in [0.2, 0.25) is 18.6 Å². The first-order valence-corrected chi connectivity index (χ1v) is 9.28. The molecule has 2 aromatic carbocycles. The Labute approximate surface area is 162 Å². The van der Waals surface area contributed by atoms with Crippen molar-refractivity contribution in [2.24, 2.45) is 5.92 Å². The molecular weight excluding hydrogens is 363 g/mol. The molecule has 0 spiro atoms. The minimum absolute atomic E-state index is 0.0941. The first-order chi connectivity index (χ1) is 13.5. The lowest BCUT2D eigenvalue weighted by molar-refractivity contribution is -0.136. The van der Waals surface area contributed by atoms with Gasteiger partial charge in [-0.15, -0.1) is 0 Å². The van der Waals surface area contributed by atoms with Gasteiger partial charge in [0.15, 0.2) is 11.5 Å². The Hall–Kier alpha value is -3.09. The van der Waals surface area contributed by atoms with Gasteiger partial charge in [0.05, 0.1) is 5.92 Å². The standard InChI is InChI=1S/C21H21FN2O4/c1-2-23(11-14-4-3-5-16(22)8-14)21(26)15-9-20(25)24(12-15)17-6-7-18-19(10-17)28-13-27-18/h3-8,10,15H,2,9,11-13H2,1H3. The quantitative estimate of drug-likeness (QED) is 0.795. The lowest BCUT2D eigenvalue weighted by Gasteiger charge is -2.24. The summed E-state index contributed by atoms with van der Waals surface area (Å²) in [5.41, 5.74) is 1.42. The fraction of sp³-hybridized carbons (Fsp3) is 0.333. The van der Waals surface area contributed by atoms with Crippen LogP contribution in [0.4, 0.5) is 10.1 Å². The van der Waals surface area contributed by atoms with Gasteiger partial charge >= 0.3 is 0 Å². The number of carbonyl (C=O) groups excluding carboxylic acids is 2. The maximum absolute atomic E-state index is 13.4. The molecule has 4 rings (SSSR count). The highest BCUT2D eigenvalue weighted by Crippen LogP contribution is 2.37. The van der Waals surface area contributed by atoms with E-state index in [4.69, 9.17) is 9.47 Å². The van der Waals surface area contributed by atoms with Crippen molar-refractivity contribution in [2.75, 3.05) is 24.8 Å². The van der Waals surface area contributed by atoms with Crippen molar-refractivity contribution in [3.63, 3.8) is 0 Å². The van der Waals surface area contributed by atoms with Crippen LogP contribution in [0.5, 0.6) is 11.5 Å². The monoisotopic (exact) mass is 384 g/mol. The summed E-state index contributed by atoms with van der Waals surface area (Å²) in [5, 5.41) is 0. The lowest BCUT2D eigenvalue weighted by atomic mass is 10.1. The molecule has 1 saturated heterocycles. The van der Waals surface area contributed by atoms with Crippen LogP contribution in [-0.4, -0.2) is 36.6 Å². The number of carbonyl (C=O) groups is 2. The molecule has 2 aliphatic rings. The first kappa shape index (κ1) is 18.3. The molecule has 0 aliphatic carbocycles. The van der Waals surface area contributed by atoms with Gasteiger partial charge in [-0.25, -0.2) is 4.39 Å². The van der Waals surface area contributed by atoms with E-state index in [2.05, 4.69) is 0 Å². The van der Waals surface area contributed by atoms with Gasteiger partial charge in [-0.1, -0.05) is 12.1 Å². The summed E-state index contributed by atoms with van der Waals surface area (Å²) >= 11 is 0. The number of benzene rings is 2. The maximum Gasteiger partial charge on any atom is 0.231 e. The van der Waals surface area contributed by atoms with E-state index in [1.165, 1.54) is 12.1 Å². The predicted octanol–water partition coefficient (Wildman–Crippen LogP) is 2.96. The molecule has 2 amide bonds. The van der Waals surface area contributed by atoms with Crippen molar-refractivity contribution >= 4 is 17.5 Å². The average Bonchev–Trinajstić information content (AvgIpc) is 3.31. The highest BCUT2D eigenvalue weighted by atomic mass is 19.1. The van der Waals surface area contributed by atoms with E-state index in [9.17, 15) is 14.0 Å². The van der Waals surface area contributed by atoms with Gasteiger partial charge in [-0.3, -0.25) is 9.59 Å². The van der Waals surface area contributed by atoms with Crippen LogP contribution in [0.1, 0.15) is 18.9 Å². The largest absolute Gasteiger partial charge is 0.454 e. The van der Waals surface area contributed by atoms with Gasteiger partial charge < -0.3 is 19.3 Å². The molecule has 6 nitrogen and oxygen atoms in total. The molecular formula is C21H21FN2O4. The zero-order valence-corrected chi connectivity index (χ0v) is 15.6. The molecule has 7 heteroatoms. The van der Waals surface area contributed by atoms with Crippen LogP contribution >= 0.6 is 0 Å². The Bertz CT molecular complexity index is 917. The second-order valence-electron chi connectivity index (χ2n) is 6.93. The number of hydrogen-bond acceptors (Lipinski definition) is 4. The van der Waals surface area contributed by atoms with Crippen LogP contribution in [0.3, 0.4) is 0 Å². The molecule has 2 heterocycles. The summed E-state index contributed by atoms with van der Waals surface area (Å²) in [5.74, 6) is 0.302. The van der Waals surface area contributed by atoms with E-state index < -0.39 is 5.92 Å². The Balaban J connectivity index is 1.47. The molecule has 0 saturated carbocycles. The predicted molar refractivity (Wildman–Crippen MR) is 101 cm³/mol. The Kier molecular flexibility index (Phi) is 4.90. The Morgan fingerprint density at radius 3 is 2.82 bits per heavy atom. The zero-order chi connectivity index (χ0) is 19.7. The molecule has 0 aromatic heterocycles. The fourth-order valence-electron chi connectivity index (χ4n) is 3.64. The minimum Gasteiger partial charge on any atom is -0.454 e. The molecule has 2 aliphatic heterocycles. The third-order valence-corrected chi connectivity index (χ3v) is 5.10. The number of hydrogen-bond donors (Lipinski definition) is 0. The van der Waals surface area contributed by atoms with Crippen LogP contribution in [0.15, 0.2) is 42.5 Å². The third kappa shape index (κ3) is 3.52. The van der Waals surface area contributed by atoms with Crippen molar-refractivity contribution < 1.29 is 23.5 Å². The molecule has 2 aromatic rings. The van der Waals surface area contributed by atoms with E-state index in [-0.39, 0.29) is 30.8 Å². The maximum atomic E-state index is 13.4. The van der Waals surface area contributed by atoms with Crippen LogP contribution in [0, 0.1) is 11.7 Å². The summed E-state index contributed by atoms with van der Waals surface area (Å²) in [6.45, 7) is 3.17. The molecule has 1 unspecified atom stereocenters. The van der Waals surface area contributed by atoms with Gasteiger partial charge in [-0.05, 0) is 36.8 Å². The molecule has 0 bridgehead atoms. The number of rotatable bonds is 5. The van der Waals surface area contributed by atoms with Crippen molar-refractivity contribution in [3.05, 3.63) is 53.8 Å². The molecule has 0 radical (unpaired) electrons. The fourth-order valence-corrected chi connectivity index (χ4v) is 3.64. The number of nitrogens with zero attached hydrogens (tertiary/aromatic N) is 2. The summed E-state index contributed by atoms with van der Waals surface area (Å²) in [7, 11) is 0. The van der Waals surface area contributed by atoms with E-state index in [1.54, 1.807) is 40.1 Å². The van der Waals surface area contributed by atoms with E-state index in [0.29, 0.717) is 36.8 Å². The van der Waals surface area contributed by atoms with Crippen LogP contribution in [0.2, 0.25) is 0 Å². The Morgan fingerprint density at radius 2 is 2.04 bits per heavy atom. The third-order valence-electron chi connectivity index (χ3n) is 5.10. The van der Waals surface area contributed by atoms with Crippen LogP contribution in [-0.2, 0) is 16.1 Å². The number of anilines is 1. The van der Waals surface area contributed by atoms with E-state index in [1.807, 2.05) is 6.92 Å². The van der Waals surface area contributed by atoms with Crippen molar-refractivity contribution in [1.82, 2.24) is 4.90 Å². The SMILES string of the molecule is CCN(Cc1cccc(F)c1)C(=O)C1CC(=O)N(c2ccc3c(c2)OCO3)C1. The number of amides is 2. The van der Waals surface area contributed by atoms with Gasteiger partial charge in [0.25, 0.3) is 0 Å². The lowest BCUT2D eigenvalue weighted by Crippen LogP contribution is -2.37. The molecule has 146 valence electrons. The minimum atomic E-state index is -0.425. The normalized spacial score (nSPS) is 17.9. The molecule has 28 heavy (non-hydrogen) atoms. The van der Waals surface area contributed by atoms with Crippen LogP contribution < -0.4 is 14.4 Å². The van der Waals surface area contributed by atoms with Crippen molar-refractivity contribution in [1.29, 1.82) is 0 Å². The highest BCUT2D eigenvalue weighted by Gasteiger charge is 2.37. The van der Waals surface area contributed by atoms with Gasteiger partial charge in [0.1, 0.15) is 5.82 Å². The van der Waals surface area contributed by atoms with E-state index >= 15 is 0 Å². The van der Waals surface area contributed by atoms with Crippen molar-refractivity contribution in [3.8, 4) is 11.5 Å². The number of halogens is 1. The van der Waals surface area contributed by atoms with Gasteiger partial charge in [-0.2, -0.15) is 0 Å². The Morgan fingerprint density at radius 1 is 1.21 bits per heavy atom. The van der Waals surface area contributed by atoms with Gasteiger partial charge in [0, 0.05) is 37.8 Å². The topological polar surface area (TPSA) is 59.1 Å². The first-order valence-electron chi connectivity index (χ1n) is 9.28. The van der Waals surface area contributed by atoms with E-state index in [0.717, 1.165) is 5.56 Å². The zero-order valence-electron chi connectivity index (χ0n) is 15.6. The number of fused-ring (bicyclic) bond motifs is 1. The molecule has 1 atom stereocenters. The van der Waals surface area contributed by atoms with Crippen molar-refractivity contribution in [2.45, 2.75) is 19.9 Å². The molecule has 0 N–H and O–H groups in total. The second kappa shape index (κ2) is 7.50. The second-order valence-corrected chi connectivity index (χ2v) is 6.93. The molecule has 1 fully saturated rings. The summed E-state index contributed by atoms with van der Waals surface area (Å²) in [6.07, 6.45) is 0.160.